The van der Waals surface area contributed by atoms with Gasteiger partial charge in [-0.15, -0.1) is 0 Å². The van der Waals surface area contributed by atoms with E-state index in [1.807, 2.05) is 40.1 Å². The summed E-state index contributed by atoms with van der Waals surface area (Å²) in [6.07, 6.45) is 2.83. The number of hydrogen-bond acceptors (Lipinski definition) is 7. The quantitative estimate of drug-likeness (QED) is 0.529. The van der Waals surface area contributed by atoms with Crippen molar-refractivity contribution in [1.29, 1.82) is 0 Å². The number of urea groups is 1. The van der Waals surface area contributed by atoms with Gasteiger partial charge in [-0.05, 0) is 72.2 Å². The predicted octanol–water partition coefficient (Wildman–Crippen LogP) is 4.06. The van der Waals surface area contributed by atoms with E-state index in [1.54, 1.807) is 28.4 Å². The van der Waals surface area contributed by atoms with Gasteiger partial charge in [-0.1, -0.05) is 6.07 Å². The average Bonchev–Trinajstić information content (AvgIpc) is 3.27. The fourth-order valence-corrected chi connectivity index (χ4v) is 6.08. The number of rotatable bonds is 6. The van der Waals surface area contributed by atoms with Gasteiger partial charge in [0.15, 0.2) is 23.0 Å². The van der Waals surface area contributed by atoms with Crippen LogP contribution in [-0.2, 0) is 22.5 Å². The molecule has 0 radical (unpaired) electrons. The molecule has 2 amide bonds. The highest BCUT2D eigenvalue weighted by Crippen LogP contribution is 2.45. The Balaban J connectivity index is 1.47. The molecule has 5 rings (SSSR count). The van der Waals surface area contributed by atoms with Crippen molar-refractivity contribution >= 4 is 17.6 Å². The van der Waals surface area contributed by atoms with E-state index in [-0.39, 0.29) is 18.1 Å². The summed E-state index contributed by atoms with van der Waals surface area (Å²) in [4.78, 5) is 30.9. The van der Waals surface area contributed by atoms with Gasteiger partial charge in [0.1, 0.15) is 0 Å². The maximum atomic E-state index is 14.0. The maximum absolute atomic E-state index is 14.0. The molecule has 38 heavy (non-hydrogen) atoms. The minimum absolute atomic E-state index is 0.00389. The van der Waals surface area contributed by atoms with E-state index in [1.165, 1.54) is 7.11 Å². The molecule has 0 aliphatic carbocycles. The van der Waals surface area contributed by atoms with Crippen LogP contribution in [0.4, 0.5) is 4.79 Å². The first kappa shape index (κ1) is 25.8. The minimum Gasteiger partial charge on any atom is -0.493 e. The van der Waals surface area contributed by atoms with Gasteiger partial charge in [0.05, 0.1) is 47.2 Å². The Bertz CT molecular complexity index is 1290. The third-order valence-electron chi connectivity index (χ3n) is 7.95. The molecule has 1 saturated heterocycles. The number of esters is 1. The van der Waals surface area contributed by atoms with Gasteiger partial charge in [0, 0.05) is 19.1 Å². The Morgan fingerprint density at radius 3 is 2.13 bits per heavy atom. The van der Waals surface area contributed by atoms with E-state index in [4.69, 9.17) is 23.7 Å². The molecule has 0 unspecified atom stereocenters. The summed E-state index contributed by atoms with van der Waals surface area (Å²) in [7, 11) is 7.80. The molecule has 3 aliphatic heterocycles. The molecule has 0 N–H and O–H groups in total. The smallest absolute Gasteiger partial charge is 0.336 e. The number of methoxy groups -OCH3 is 5. The molecular weight excluding hydrogens is 488 g/mol. The number of hydrogen-bond donors (Lipinski definition) is 0. The minimum atomic E-state index is -0.404. The second kappa shape index (κ2) is 10.5. The van der Waals surface area contributed by atoms with Crippen molar-refractivity contribution < 1.29 is 33.3 Å². The number of ether oxygens (including phenoxy) is 5. The summed E-state index contributed by atoms with van der Waals surface area (Å²) in [5.74, 6) is 2.14. The Kier molecular flexibility index (Phi) is 7.10. The van der Waals surface area contributed by atoms with E-state index >= 15 is 0 Å². The average molecular weight is 523 g/mol. The number of amides is 2. The molecule has 2 aromatic carbocycles. The van der Waals surface area contributed by atoms with Crippen LogP contribution < -0.4 is 18.9 Å². The van der Waals surface area contributed by atoms with Gasteiger partial charge in [-0.25, -0.2) is 9.59 Å². The van der Waals surface area contributed by atoms with Crippen LogP contribution in [0.25, 0.3) is 5.57 Å². The van der Waals surface area contributed by atoms with Crippen LogP contribution in [0.3, 0.4) is 0 Å². The Morgan fingerprint density at radius 1 is 0.816 bits per heavy atom. The van der Waals surface area contributed by atoms with Crippen LogP contribution in [0.2, 0.25) is 0 Å². The first-order chi connectivity index (χ1) is 18.4. The predicted molar refractivity (Wildman–Crippen MR) is 141 cm³/mol. The first-order valence-electron chi connectivity index (χ1n) is 12.8. The molecule has 3 heterocycles. The molecule has 9 heteroatoms. The van der Waals surface area contributed by atoms with Gasteiger partial charge in [0.2, 0.25) is 0 Å². The lowest BCUT2D eigenvalue weighted by molar-refractivity contribution is -0.136. The summed E-state index contributed by atoms with van der Waals surface area (Å²) >= 11 is 0. The fourth-order valence-electron chi connectivity index (χ4n) is 6.08. The van der Waals surface area contributed by atoms with Crippen molar-refractivity contribution in [2.75, 3.05) is 42.1 Å². The maximum Gasteiger partial charge on any atom is 0.336 e. The van der Waals surface area contributed by atoms with Crippen molar-refractivity contribution in [3.05, 3.63) is 52.6 Å². The largest absolute Gasteiger partial charge is 0.493 e. The van der Waals surface area contributed by atoms with Gasteiger partial charge >= 0.3 is 12.0 Å². The molecule has 0 aromatic heterocycles. The van der Waals surface area contributed by atoms with E-state index in [0.717, 1.165) is 35.1 Å². The molecule has 2 atom stereocenters. The van der Waals surface area contributed by atoms with E-state index in [0.29, 0.717) is 54.5 Å². The summed E-state index contributed by atoms with van der Waals surface area (Å²) in [6.45, 7) is 1.07. The fraction of sp³-hybridized carbons (Fsp3) is 0.448. The zero-order valence-electron chi connectivity index (χ0n) is 22.5. The molecule has 0 saturated carbocycles. The lowest BCUT2D eigenvalue weighted by atomic mass is 9.88. The molecule has 2 bridgehead atoms. The number of benzene rings is 2. The van der Waals surface area contributed by atoms with Crippen molar-refractivity contribution in [1.82, 2.24) is 9.80 Å². The van der Waals surface area contributed by atoms with Crippen LogP contribution in [-0.4, -0.2) is 76.0 Å². The molecule has 202 valence electrons. The Labute approximate surface area is 222 Å². The van der Waals surface area contributed by atoms with Gasteiger partial charge in [-0.3, -0.25) is 0 Å². The summed E-state index contributed by atoms with van der Waals surface area (Å²) in [5.41, 5.74) is 4.52. The zero-order valence-corrected chi connectivity index (χ0v) is 22.5. The highest BCUT2D eigenvalue weighted by atomic mass is 16.5. The van der Waals surface area contributed by atoms with Crippen LogP contribution in [0.15, 0.2) is 35.9 Å². The van der Waals surface area contributed by atoms with Gasteiger partial charge in [0.25, 0.3) is 0 Å². The number of fused-ring (bicyclic) bond motifs is 3. The number of nitrogens with zero attached hydrogens (tertiary/aromatic N) is 2. The topological polar surface area (TPSA) is 86.8 Å². The van der Waals surface area contributed by atoms with Crippen LogP contribution >= 0.6 is 0 Å². The number of carbonyl (C=O) groups excluding carboxylic acids is 2. The van der Waals surface area contributed by atoms with Crippen LogP contribution in [0.5, 0.6) is 23.0 Å². The van der Waals surface area contributed by atoms with Gasteiger partial charge in [-0.2, -0.15) is 0 Å². The van der Waals surface area contributed by atoms with Crippen LogP contribution in [0.1, 0.15) is 36.0 Å². The lowest BCUT2D eigenvalue weighted by Gasteiger charge is -2.41. The first-order valence-corrected chi connectivity index (χ1v) is 12.8. The number of carbonyl (C=O) groups is 2. The van der Waals surface area contributed by atoms with Crippen molar-refractivity contribution in [3.63, 3.8) is 0 Å². The van der Waals surface area contributed by atoms with Crippen molar-refractivity contribution in [2.24, 2.45) is 0 Å². The third kappa shape index (κ3) is 4.29. The standard InChI is InChI=1S/C29H34N2O7/c1-34-23-9-6-18(13-24(23)35-2)21-15-20-7-8-22(27(21)28(32)38-5)31(20)29(33)30-11-10-17-12-25(36-3)26(37-4)14-19(17)16-30/h6,9,12-14,20,22H,7-8,10-11,15-16H2,1-5H3/t20-,22+/m0/s1. The molecular formula is C29H34N2O7. The molecule has 3 aliphatic rings. The second-order valence-electron chi connectivity index (χ2n) is 9.74. The van der Waals surface area contributed by atoms with Crippen molar-refractivity contribution in [3.8, 4) is 23.0 Å². The molecule has 2 aromatic rings. The molecule has 0 spiro atoms. The summed E-state index contributed by atoms with van der Waals surface area (Å²) < 4.78 is 27.1. The highest BCUT2D eigenvalue weighted by molar-refractivity contribution is 6.01. The van der Waals surface area contributed by atoms with Crippen molar-refractivity contribution in [2.45, 2.75) is 44.3 Å². The van der Waals surface area contributed by atoms with Gasteiger partial charge < -0.3 is 33.5 Å². The van der Waals surface area contributed by atoms with E-state index in [9.17, 15) is 9.59 Å². The monoisotopic (exact) mass is 522 g/mol. The zero-order chi connectivity index (χ0) is 27.0. The second-order valence-corrected chi connectivity index (χ2v) is 9.74. The molecule has 1 fully saturated rings. The third-order valence-corrected chi connectivity index (χ3v) is 7.95. The molecule has 9 nitrogen and oxygen atoms in total. The summed E-state index contributed by atoms with van der Waals surface area (Å²) in [6, 6.07) is 9.20. The van der Waals surface area contributed by atoms with Crippen LogP contribution in [0, 0.1) is 0 Å². The lowest BCUT2D eigenvalue weighted by Crippen LogP contribution is -2.53. The van der Waals surface area contributed by atoms with E-state index in [2.05, 4.69) is 0 Å². The van der Waals surface area contributed by atoms with E-state index < -0.39 is 5.97 Å². The Morgan fingerprint density at radius 2 is 1.47 bits per heavy atom. The SMILES string of the molecule is COC(=O)C1=C(c2ccc(OC)c(OC)c2)C[C@@H]2CC[C@H]1N2C(=O)N1CCc2cc(OC)c(OC)cc2C1. The summed E-state index contributed by atoms with van der Waals surface area (Å²) in [5, 5.41) is 0. The highest BCUT2D eigenvalue weighted by Gasteiger charge is 2.48. The Hall–Kier alpha value is -3.88. The normalized spacial score (nSPS) is 20.1.